The van der Waals surface area contributed by atoms with Gasteiger partial charge in [0.2, 0.25) is 5.91 Å². The van der Waals surface area contributed by atoms with Crippen LogP contribution < -0.4 is 9.64 Å². The molecule has 0 radical (unpaired) electrons. The fourth-order valence-electron chi connectivity index (χ4n) is 4.74. The van der Waals surface area contributed by atoms with Gasteiger partial charge in [0.25, 0.3) is 0 Å². The molecule has 0 N–H and O–H groups in total. The number of hydrogen-bond acceptors (Lipinski definition) is 4. The molecule has 2 aliphatic heterocycles. The summed E-state index contributed by atoms with van der Waals surface area (Å²) in [5.41, 5.74) is 3.41. The quantitative estimate of drug-likeness (QED) is 0.683. The number of nitrogens with zero attached hydrogens (tertiary/aromatic N) is 2. The maximum Gasteiger partial charge on any atom is 0.226 e. The van der Waals surface area contributed by atoms with Crippen LogP contribution in [-0.4, -0.2) is 59.1 Å². The summed E-state index contributed by atoms with van der Waals surface area (Å²) in [6.45, 7) is 4.28. The molecule has 0 aromatic heterocycles. The molecule has 2 aromatic rings. The Morgan fingerprint density at radius 3 is 2.45 bits per heavy atom. The lowest BCUT2D eigenvalue weighted by Gasteiger charge is -2.44. The van der Waals surface area contributed by atoms with Crippen LogP contribution in [0.5, 0.6) is 5.75 Å². The predicted molar refractivity (Wildman–Crippen MR) is 129 cm³/mol. The zero-order chi connectivity index (χ0) is 22.0. The number of rotatable bonds is 4. The largest absolute Gasteiger partial charge is 0.496 e. The molecule has 2 saturated heterocycles. The number of benzene rings is 2. The summed E-state index contributed by atoms with van der Waals surface area (Å²) in [6, 6.07) is 16.6. The van der Waals surface area contributed by atoms with Crippen LogP contribution in [0.15, 0.2) is 48.5 Å². The first-order valence-corrected chi connectivity index (χ1v) is 13.0. The Hall–Kier alpha value is -2.47. The summed E-state index contributed by atoms with van der Waals surface area (Å²) in [4.78, 5) is 17.9. The van der Waals surface area contributed by atoms with Crippen LogP contribution in [0.4, 0.5) is 5.69 Å². The van der Waals surface area contributed by atoms with Crippen molar-refractivity contribution >= 4 is 27.0 Å². The SMILES string of the molecule is C=S1(=O)CCC(C(=O)N2CCN(c3ccc(OC)c(C)c3)CC2c2ccccc2)CC1. The molecule has 1 atom stereocenters. The van der Waals surface area contributed by atoms with Gasteiger partial charge in [0.1, 0.15) is 5.75 Å². The number of anilines is 1. The maximum atomic E-state index is 13.5. The molecule has 5 nitrogen and oxygen atoms in total. The lowest BCUT2D eigenvalue weighted by Crippen LogP contribution is -2.53. The van der Waals surface area contributed by atoms with E-state index in [1.54, 1.807) is 7.11 Å². The van der Waals surface area contributed by atoms with Gasteiger partial charge in [-0.05, 0) is 64.5 Å². The van der Waals surface area contributed by atoms with Crippen molar-refractivity contribution in [3.63, 3.8) is 0 Å². The topological polar surface area (TPSA) is 49.9 Å². The first-order chi connectivity index (χ1) is 14.9. The third kappa shape index (κ3) is 4.74. The summed E-state index contributed by atoms with van der Waals surface area (Å²) in [5, 5.41) is 0. The van der Waals surface area contributed by atoms with E-state index < -0.39 is 9.52 Å². The molecule has 2 aromatic carbocycles. The number of ether oxygens (including phenoxy) is 1. The van der Waals surface area contributed by atoms with E-state index in [0.29, 0.717) is 30.9 Å². The van der Waals surface area contributed by atoms with Gasteiger partial charge in [-0.3, -0.25) is 9.00 Å². The van der Waals surface area contributed by atoms with Crippen molar-refractivity contribution in [1.82, 2.24) is 4.90 Å². The number of carbonyl (C=O) groups excluding carboxylic acids is 1. The molecule has 2 heterocycles. The highest BCUT2D eigenvalue weighted by molar-refractivity contribution is 8.00. The van der Waals surface area contributed by atoms with E-state index in [1.807, 2.05) is 24.3 Å². The summed E-state index contributed by atoms with van der Waals surface area (Å²) >= 11 is 0. The van der Waals surface area contributed by atoms with E-state index in [2.05, 4.69) is 46.9 Å². The molecule has 0 bridgehead atoms. The van der Waals surface area contributed by atoms with Crippen LogP contribution in [0, 0.1) is 12.8 Å². The number of methoxy groups -OCH3 is 1. The Bertz CT molecular complexity index is 1020. The molecule has 0 aliphatic carbocycles. The zero-order valence-corrected chi connectivity index (χ0v) is 19.3. The minimum atomic E-state index is -1.99. The van der Waals surface area contributed by atoms with Crippen LogP contribution >= 0.6 is 0 Å². The van der Waals surface area contributed by atoms with Crippen LogP contribution in [0.25, 0.3) is 0 Å². The highest BCUT2D eigenvalue weighted by Gasteiger charge is 2.36. The summed E-state index contributed by atoms with van der Waals surface area (Å²) < 4.78 is 17.7. The minimum absolute atomic E-state index is 0.00380. The Morgan fingerprint density at radius 2 is 1.81 bits per heavy atom. The third-order valence-electron chi connectivity index (χ3n) is 6.62. The Labute approximate surface area is 186 Å². The summed E-state index contributed by atoms with van der Waals surface area (Å²) in [5.74, 6) is 6.01. The van der Waals surface area contributed by atoms with Gasteiger partial charge in [-0.25, -0.2) is 0 Å². The highest BCUT2D eigenvalue weighted by Crippen LogP contribution is 2.33. The van der Waals surface area contributed by atoms with Gasteiger partial charge in [0.05, 0.1) is 13.2 Å². The molecular weight excluding hydrogens is 408 g/mol. The van der Waals surface area contributed by atoms with Crippen molar-refractivity contribution < 1.29 is 13.7 Å². The maximum absolute atomic E-state index is 13.5. The predicted octanol–water partition coefficient (Wildman–Crippen LogP) is 3.52. The van der Waals surface area contributed by atoms with E-state index in [-0.39, 0.29) is 17.9 Å². The summed E-state index contributed by atoms with van der Waals surface area (Å²) in [6.07, 6.45) is 1.36. The van der Waals surface area contributed by atoms with E-state index >= 15 is 0 Å². The Morgan fingerprint density at radius 1 is 1.10 bits per heavy atom. The van der Waals surface area contributed by atoms with Gasteiger partial charge in [-0.1, -0.05) is 30.3 Å². The zero-order valence-electron chi connectivity index (χ0n) is 18.5. The molecule has 31 heavy (non-hydrogen) atoms. The minimum Gasteiger partial charge on any atom is -0.496 e. The van der Waals surface area contributed by atoms with Crippen LogP contribution in [0.1, 0.15) is 30.0 Å². The average molecular weight is 441 g/mol. The number of amides is 1. The van der Waals surface area contributed by atoms with Crippen molar-refractivity contribution in [3.8, 4) is 5.75 Å². The molecule has 0 spiro atoms. The van der Waals surface area contributed by atoms with Crippen molar-refractivity contribution in [1.29, 1.82) is 0 Å². The fourth-order valence-corrected chi connectivity index (χ4v) is 6.38. The third-order valence-corrected chi connectivity index (χ3v) is 8.58. The molecule has 1 unspecified atom stereocenters. The second kappa shape index (κ2) is 8.95. The van der Waals surface area contributed by atoms with E-state index in [0.717, 1.165) is 35.7 Å². The lowest BCUT2D eigenvalue weighted by molar-refractivity contribution is -0.138. The van der Waals surface area contributed by atoms with Crippen molar-refractivity contribution in [3.05, 3.63) is 59.7 Å². The molecular formula is C25H32N2O3S. The molecule has 2 aliphatic rings. The molecule has 4 rings (SSSR count). The number of piperazine rings is 1. The van der Waals surface area contributed by atoms with E-state index in [4.69, 9.17) is 4.74 Å². The number of aryl methyl sites for hydroxylation is 1. The molecule has 6 heteroatoms. The second-order valence-electron chi connectivity index (χ2n) is 8.71. The number of carbonyl (C=O) groups is 1. The van der Waals surface area contributed by atoms with Crippen molar-refractivity contribution in [2.75, 3.05) is 43.1 Å². The van der Waals surface area contributed by atoms with Gasteiger partial charge in [0, 0.05) is 42.7 Å². The smallest absolute Gasteiger partial charge is 0.226 e. The van der Waals surface area contributed by atoms with Crippen molar-refractivity contribution in [2.24, 2.45) is 5.92 Å². The molecule has 2 fully saturated rings. The van der Waals surface area contributed by atoms with E-state index in [9.17, 15) is 9.00 Å². The van der Waals surface area contributed by atoms with Gasteiger partial charge in [-0.15, -0.1) is 0 Å². The van der Waals surface area contributed by atoms with Gasteiger partial charge < -0.3 is 14.5 Å². The Balaban J connectivity index is 1.57. The summed E-state index contributed by atoms with van der Waals surface area (Å²) in [7, 11) is -0.299. The second-order valence-corrected chi connectivity index (χ2v) is 11.5. The standard InChI is InChI=1S/C25H32N2O3S/c1-19-17-22(9-10-24(19)30-2)26-13-14-27(23(18-26)20-7-5-4-6-8-20)25(28)21-11-15-31(3,29)16-12-21/h4-10,17,21,23H,3,11-16,18H2,1-2H3. The molecule has 1 amide bonds. The normalized spacial score (nSPS) is 26.5. The van der Waals surface area contributed by atoms with Crippen LogP contribution in [0.2, 0.25) is 0 Å². The van der Waals surface area contributed by atoms with Gasteiger partial charge in [0.15, 0.2) is 0 Å². The van der Waals surface area contributed by atoms with Gasteiger partial charge >= 0.3 is 0 Å². The number of hydrogen-bond donors (Lipinski definition) is 0. The average Bonchev–Trinajstić information content (AvgIpc) is 2.79. The Kier molecular flexibility index (Phi) is 6.28. The fraction of sp³-hybridized carbons (Fsp3) is 0.440. The highest BCUT2D eigenvalue weighted by atomic mass is 32.2. The van der Waals surface area contributed by atoms with Crippen LogP contribution in [-0.2, 0) is 14.3 Å². The lowest BCUT2D eigenvalue weighted by atomic mass is 9.96. The first kappa shape index (κ1) is 21.8. The van der Waals surface area contributed by atoms with Crippen molar-refractivity contribution in [2.45, 2.75) is 25.8 Å². The van der Waals surface area contributed by atoms with Crippen LogP contribution in [0.3, 0.4) is 0 Å². The molecule has 0 saturated carbocycles. The van der Waals surface area contributed by atoms with Gasteiger partial charge in [-0.2, -0.15) is 0 Å². The molecule has 166 valence electrons. The first-order valence-electron chi connectivity index (χ1n) is 11.0. The van der Waals surface area contributed by atoms with E-state index in [1.165, 1.54) is 0 Å². The monoisotopic (exact) mass is 440 g/mol.